The van der Waals surface area contributed by atoms with Crippen molar-refractivity contribution in [1.82, 2.24) is 5.32 Å². The standard InChI is InChI=1S/C11H19NO6/c1-7(18-6-17-4-3-16-2)10-8(5-9(13)14)12-11(10)15/h7-8,10H,3-6H2,1-2H3,(H,12,15)(H,13,14)/t7-,8-,10-/m1/s1. The van der Waals surface area contributed by atoms with Crippen LogP contribution < -0.4 is 5.32 Å². The molecule has 7 nitrogen and oxygen atoms in total. The van der Waals surface area contributed by atoms with Gasteiger partial charge in [-0.3, -0.25) is 9.59 Å². The molecular weight excluding hydrogens is 242 g/mol. The lowest BCUT2D eigenvalue weighted by atomic mass is 9.84. The quantitative estimate of drug-likeness (QED) is 0.333. The predicted octanol–water partition coefficient (Wildman–Crippen LogP) is -0.399. The number of methoxy groups -OCH3 is 1. The molecule has 18 heavy (non-hydrogen) atoms. The molecule has 0 saturated carbocycles. The molecule has 2 N–H and O–H groups in total. The molecule has 0 radical (unpaired) electrons. The molecule has 0 bridgehead atoms. The van der Waals surface area contributed by atoms with E-state index >= 15 is 0 Å². The lowest BCUT2D eigenvalue weighted by Gasteiger charge is -2.39. The molecule has 0 aliphatic carbocycles. The summed E-state index contributed by atoms with van der Waals surface area (Å²) in [6.45, 7) is 2.69. The molecule has 0 spiro atoms. The molecule has 1 aliphatic heterocycles. The number of hydrogen-bond acceptors (Lipinski definition) is 5. The van der Waals surface area contributed by atoms with E-state index in [0.29, 0.717) is 13.2 Å². The fourth-order valence-electron chi connectivity index (χ4n) is 1.82. The van der Waals surface area contributed by atoms with Crippen molar-refractivity contribution < 1.29 is 28.9 Å². The number of amides is 1. The smallest absolute Gasteiger partial charge is 0.305 e. The fourth-order valence-corrected chi connectivity index (χ4v) is 1.82. The topological polar surface area (TPSA) is 94.1 Å². The molecule has 1 rings (SSSR count). The van der Waals surface area contributed by atoms with Gasteiger partial charge in [0.05, 0.1) is 37.7 Å². The number of carboxylic acid groups (broad SMARTS) is 1. The van der Waals surface area contributed by atoms with Gasteiger partial charge < -0.3 is 24.6 Å². The maximum atomic E-state index is 11.4. The van der Waals surface area contributed by atoms with Gasteiger partial charge in [0, 0.05) is 7.11 Å². The Morgan fingerprint density at radius 1 is 1.50 bits per heavy atom. The number of ether oxygens (including phenoxy) is 3. The maximum absolute atomic E-state index is 11.4. The van der Waals surface area contributed by atoms with Crippen LogP contribution in [-0.2, 0) is 23.8 Å². The third-order valence-electron chi connectivity index (χ3n) is 2.81. The number of carbonyl (C=O) groups excluding carboxylic acids is 1. The van der Waals surface area contributed by atoms with E-state index in [1.807, 2.05) is 0 Å². The van der Waals surface area contributed by atoms with Gasteiger partial charge in [-0.25, -0.2) is 0 Å². The molecule has 0 unspecified atom stereocenters. The highest BCUT2D eigenvalue weighted by Gasteiger charge is 2.44. The molecule has 1 saturated heterocycles. The highest BCUT2D eigenvalue weighted by atomic mass is 16.7. The summed E-state index contributed by atoms with van der Waals surface area (Å²) in [5, 5.41) is 11.2. The molecular formula is C11H19NO6. The molecule has 1 fully saturated rings. The van der Waals surface area contributed by atoms with Gasteiger partial charge in [0.25, 0.3) is 0 Å². The minimum absolute atomic E-state index is 0.0636. The van der Waals surface area contributed by atoms with Gasteiger partial charge in [-0.05, 0) is 6.92 Å². The molecule has 3 atom stereocenters. The summed E-state index contributed by atoms with van der Waals surface area (Å²) in [6.07, 6.45) is -0.458. The Morgan fingerprint density at radius 3 is 2.78 bits per heavy atom. The molecule has 0 aromatic heterocycles. The number of nitrogens with one attached hydrogen (secondary N) is 1. The van der Waals surface area contributed by atoms with E-state index in [1.54, 1.807) is 14.0 Å². The second kappa shape index (κ2) is 7.30. The van der Waals surface area contributed by atoms with Gasteiger partial charge >= 0.3 is 5.97 Å². The van der Waals surface area contributed by atoms with Crippen LogP contribution in [0.2, 0.25) is 0 Å². The first-order chi connectivity index (χ1) is 8.56. The van der Waals surface area contributed by atoms with Crippen molar-refractivity contribution >= 4 is 11.9 Å². The van der Waals surface area contributed by atoms with Gasteiger partial charge in [-0.15, -0.1) is 0 Å². The van der Waals surface area contributed by atoms with E-state index in [-0.39, 0.29) is 31.3 Å². The minimum atomic E-state index is -0.937. The summed E-state index contributed by atoms with van der Waals surface area (Å²) < 4.78 is 15.3. The summed E-state index contributed by atoms with van der Waals surface area (Å²) in [4.78, 5) is 21.9. The van der Waals surface area contributed by atoms with Gasteiger partial charge in [0.1, 0.15) is 6.79 Å². The van der Waals surface area contributed by atoms with Crippen LogP contribution in [0.25, 0.3) is 0 Å². The van der Waals surface area contributed by atoms with Crippen LogP contribution in [0.3, 0.4) is 0 Å². The second-order valence-electron chi connectivity index (χ2n) is 4.13. The zero-order valence-corrected chi connectivity index (χ0v) is 10.5. The zero-order valence-electron chi connectivity index (χ0n) is 10.5. The molecule has 0 aromatic carbocycles. The Balaban J connectivity index is 2.24. The van der Waals surface area contributed by atoms with Crippen molar-refractivity contribution in [2.45, 2.75) is 25.5 Å². The number of rotatable bonds is 9. The number of carbonyl (C=O) groups is 2. The van der Waals surface area contributed by atoms with Crippen molar-refractivity contribution in [2.24, 2.45) is 5.92 Å². The summed E-state index contributed by atoms with van der Waals surface area (Å²) in [6, 6.07) is -0.357. The monoisotopic (exact) mass is 261 g/mol. The average Bonchev–Trinajstić information content (AvgIpc) is 2.27. The van der Waals surface area contributed by atoms with Crippen molar-refractivity contribution in [3.05, 3.63) is 0 Å². The summed E-state index contributed by atoms with van der Waals surface area (Å²) in [5.74, 6) is -1.54. The van der Waals surface area contributed by atoms with Crippen LogP contribution >= 0.6 is 0 Å². The first-order valence-electron chi connectivity index (χ1n) is 5.76. The highest BCUT2D eigenvalue weighted by Crippen LogP contribution is 2.23. The first kappa shape index (κ1) is 14.9. The van der Waals surface area contributed by atoms with Crippen LogP contribution in [0.15, 0.2) is 0 Å². The Kier molecular flexibility index (Phi) is 6.03. The second-order valence-corrected chi connectivity index (χ2v) is 4.13. The molecule has 1 aliphatic rings. The molecule has 7 heteroatoms. The molecule has 1 amide bonds. The van der Waals surface area contributed by atoms with Gasteiger partial charge in [-0.1, -0.05) is 0 Å². The van der Waals surface area contributed by atoms with E-state index in [1.165, 1.54) is 0 Å². The van der Waals surface area contributed by atoms with Crippen molar-refractivity contribution in [1.29, 1.82) is 0 Å². The predicted molar refractivity (Wildman–Crippen MR) is 60.9 cm³/mol. The van der Waals surface area contributed by atoms with E-state index in [2.05, 4.69) is 5.32 Å². The average molecular weight is 261 g/mol. The Bertz CT molecular complexity index is 295. The van der Waals surface area contributed by atoms with E-state index in [9.17, 15) is 9.59 Å². The van der Waals surface area contributed by atoms with E-state index in [0.717, 1.165) is 0 Å². The summed E-state index contributed by atoms with van der Waals surface area (Å²) in [7, 11) is 1.57. The number of β-lactam (4-membered cyclic amide) rings is 1. The van der Waals surface area contributed by atoms with Crippen LogP contribution in [0.5, 0.6) is 0 Å². The van der Waals surface area contributed by atoms with Crippen molar-refractivity contribution in [2.75, 3.05) is 27.1 Å². The normalized spacial score (nSPS) is 24.2. The van der Waals surface area contributed by atoms with Crippen LogP contribution in [0.4, 0.5) is 0 Å². The van der Waals surface area contributed by atoms with Crippen molar-refractivity contribution in [3.8, 4) is 0 Å². The Labute approximate surface area is 105 Å². The zero-order chi connectivity index (χ0) is 13.5. The van der Waals surface area contributed by atoms with E-state index < -0.39 is 11.9 Å². The number of aliphatic carboxylic acids is 1. The number of carboxylic acids is 1. The third-order valence-corrected chi connectivity index (χ3v) is 2.81. The largest absolute Gasteiger partial charge is 0.481 e. The van der Waals surface area contributed by atoms with Gasteiger partial charge in [0.15, 0.2) is 0 Å². The van der Waals surface area contributed by atoms with Gasteiger partial charge in [-0.2, -0.15) is 0 Å². The van der Waals surface area contributed by atoms with Crippen LogP contribution in [-0.4, -0.2) is 56.2 Å². The first-order valence-corrected chi connectivity index (χ1v) is 5.76. The van der Waals surface area contributed by atoms with Crippen LogP contribution in [0.1, 0.15) is 13.3 Å². The minimum Gasteiger partial charge on any atom is -0.481 e. The number of hydrogen-bond donors (Lipinski definition) is 2. The molecule has 0 aromatic rings. The lowest BCUT2D eigenvalue weighted by molar-refractivity contribution is -0.156. The Hall–Kier alpha value is -1.18. The SMILES string of the molecule is COCCOCO[C@H](C)[C@H]1C(=O)N[C@@H]1CC(=O)O. The summed E-state index contributed by atoms with van der Waals surface area (Å²) in [5.41, 5.74) is 0. The summed E-state index contributed by atoms with van der Waals surface area (Å²) >= 11 is 0. The third kappa shape index (κ3) is 4.25. The van der Waals surface area contributed by atoms with E-state index in [4.69, 9.17) is 19.3 Å². The molecule has 104 valence electrons. The fraction of sp³-hybridized carbons (Fsp3) is 0.818. The maximum Gasteiger partial charge on any atom is 0.305 e. The van der Waals surface area contributed by atoms with Crippen LogP contribution in [0, 0.1) is 5.92 Å². The Morgan fingerprint density at radius 2 is 2.22 bits per heavy atom. The molecule has 1 heterocycles. The van der Waals surface area contributed by atoms with Gasteiger partial charge in [0.2, 0.25) is 5.91 Å². The van der Waals surface area contributed by atoms with Crippen molar-refractivity contribution in [3.63, 3.8) is 0 Å². The highest BCUT2D eigenvalue weighted by molar-refractivity contribution is 5.88. The lowest BCUT2D eigenvalue weighted by Crippen LogP contribution is -2.62.